The maximum atomic E-state index is 12.7. The number of aryl methyl sites for hydroxylation is 1. The molecule has 2 atom stereocenters. The van der Waals surface area contributed by atoms with Crippen LogP contribution in [0.25, 0.3) is 0 Å². The first-order valence-electron chi connectivity index (χ1n) is 12.4. The summed E-state index contributed by atoms with van der Waals surface area (Å²) in [4.78, 5) is 15.1. The first kappa shape index (κ1) is 21.9. The topological polar surface area (TPSA) is 32.3 Å². The second-order valence-corrected chi connectivity index (χ2v) is 9.90. The van der Waals surface area contributed by atoms with Gasteiger partial charge < -0.3 is 10.2 Å². The lowest BCUT2D eigenvalue weighted by Gasteiger charge is -2.29. The Kier molecular flexibility index (Phi) is 6.59. The third kappa shape index (κ3) is 5.54. The van der Waals surface area contributed by atoms with Crippen LogP contribution in [0.3, 0.4) is 0 Å². The average molecular weight is 439 g/mol. The van der Waals surface area contributed by atoms with Gasteiger partial charge in [0.25, 0.3) is 5.91 Å². The predicted octanol–water partition coefficient (Wildman–Crippen LogP) is 6.48. The van der Waals surface area contributed by atoms with Crippen LogP contribution in [0.2, 0.25) is 0 Å². The largest absolute Gasteiger partial charge is 0.322 e. The molecule has 1 aliphatic heterocycles. The van der Waals surface area contributed by atoms with Crippen LogP contribution in [0.15, 0.2) is 78.9 Å². The summed E-state index contributed by atoms with van der Waals surface area (Å²) in [6.45, 7) is 2.30. The molecule has 1 N–H and O–H groups in total. The van der Waals surface area contributed by atoms with E-state index in [9.17, 15) is 4.79 Å². The van der Waals surface area contributed by atoms with Crippen molar-refractivity contribution in [3.8, 4) is 0 Å². The maximum absolute atomic E-state index is 12.7. The molecule has 3 nitrogen and oxygen atoms in total. The van der Waals surface area contributed by atoms with Gasteiger partial charge in [-0.05, 0) is 111 Å². The monoisotopic (exact) mass is 438 g/mol. The summed E-state index contributed by atoms with van der Waals surface area (Å²) in [5, 5.41) is 3.06. The van der Waals surface area contributed by atoms with Crippen LogP contribution in [0.1, 0.15) is 64.6 Å². The molecule has 2 fully saturated rings. The maximum Gasteiger partial charge on any atom is 0.255 e. The fourth-order valence-corrected chi connectivity index (χ4v) is 5.24. The van der Waals surface area contributed by atoms with Crippen molar-refractivity contribution < 1.29 is 4.79 Å². The van der Waals surface area contributed by atoms with Crippen molar-refractivity contribution in [1.82, 2.24) is 4.90 Å². The highest BCUT2D eigenvalue weighted by molar-refractivity contribution is 6.04. The average Bonchev–Trinajstić information content (AvgIpc) is 3.64. The fourth-order valence-electron chi connectivity index (χ4n) is 5.24. The minimum absolute atomic E-state index is 0.0372. The number of benzene rings is 3. The van der Waals surface area contributed by atoms with Crippen molar-refractivity contribution in [2.75, 3.05) is 25.5 Å². The zero-order chi connectivity index (χ0) is 22.6. The minimum Gasteiger partial charge on any atom is -0.322 e. The summed E-state index contributed by atoms with van der Waals surface area (Å²) in [6.07, 6.45) is 6.08. The highest BCUT2D eigenvalue weighted by Gasteiger charge is 2.37. The second kappa shape index (κ2) is 9.93. The van der Waals surface area contributed by atoms with Crippen molar-refractivity contribution in [3.05, 3.63) is 101 Å². The van der Waals surface area contributed by atoms with E-state index in [1.807, 2.05) is 24.3 Å². The normalized spacial score (nSPS) is 21.0. The van der Waals surface area contributed by atoms with Crippen molar-refractivity contribution >= 4 is 11.6 Å². The number of nitrogens with one attached hydrogen (secondary N) is 1. The number of carbonyl (C=O) groups excluding carboxylic acids is 1. The van der Waals surface area contributed by atoms with E-state index in [0.29, 0.717) is 11.8 Å². The summed E-state index contributed by atoms with van der Waals surface area (Å²) in [5.74, 6) is 2.04. The van der Waals surface area contributed by atoms with Gasteiger partial charge in [0.05, 0.1) is 0 Å². The minimum atomic E-state index is -0.0372. The first-order valence-corrected chi connectivity index (χ1v) is 12.4. The molecule has 3 aromatic carbocycles. The molecule has 33 heavy (non-hydrogen) atoms. The molecule has 5 rings (SSSR count). The van der Waals surface area contributed by atoms with E-state index in [-0.39, 0.29) is 5.91 Å². The Labute approximate surface area is 197 Å². The number of hydrogen-bond acceptors (Lipinski definition) is 2. The summed E-state index contributed by atoms with van der Waals surface area (Å²) < 4.78 is 0. The van der Waals surface area contributed by atoms with Crippen molar-refractivity contribution in [2.24, 2.45) is 5.92 Å². The molecule has 1 saturated heterocycles. The van der Waals surface area contributed by atoms with Gasteiger partial charge in [0.1, 0.15) is 0 Å². The van der Waals surface area contributed by atoms with Gasteiger partial charge in [-0.1, -0.05) is 54.6 Å². The van der Waals surface area contributed by atoms with Crippen LogP contribution in [0.4, 0.5) is 5.69 Å². The zero-order valence-corrected chi connectivity index (χ0v) is 19.5. The zero-order valence-electron chi connectivity index (χ0n) is 19.5. The quantitative estimate of drug-likeness (QED) is 0.458. The highest BCUT2D eigenvalue weighted by Crippen LogP contribution is 2.50. The molecule has 3 heteroatoms. The van der Waals surface area contributed by atoms with Crippen LogP contribution in [0, 0.1) is 5.92 Å². The number of hydrogen-bond donors (Lipinski definition) is 1. The number of piperidine rings is 1. The summed E-state index contributed by atoms with van der Waals surface area (Å²) in [5.41, 5.74) is 5.77. The molecule has 0 aromatic heterocycles. The molecule has 3 aromatic rings. The van der Waals surface area contributed by atoms with Crippen LogP contribution in [-0.4, -0.2) is 30.9 Å². The predicted molar refractivity (Wildman–Crippen MR) is 136 cm³/mol. The third-order valence-electron chi connectivity index (χ3n) is 7.53. The van der Waals surface area contributed by atoms with Gasteiger partial charge in [-0.25, -0.2) is 0 Å². The van der Waals surface area contributed by atoms with E-state index >= 15 is 0 Å². The van der Waals surface area contributed by atoms with E-state index in [2.05, 4.69) is 71.9 Å². The number of carbonyl (C=O) groups is 1. The van der Waals surface area contributed by atoms with Gasteiger partial charge in [-0.2, -0.15) is 0 Å². The van der Waals surface area contributed by atoms with Crippen LogP contribution in [-0.2, 0) is 6.42 Å². The van der Waals surface area contributed by atoms with Gasteiger partial charge in [0.2, 0.25) is 0 Å². The number of amides is 1. The van der Waals surface area contributed by atoms with E-state index in [1.165, 1.54) is 42.4 Å². The van der Waals surface area contributed by atoms with Gasteiger partial charge in [-0.15, -0.1) is 0 Å². The molecular weight excluding hydrogens is 404 g/mol. The molecule has 170 valence electrons. The van der Waals surface area contributed by atoms with Crippen molar-refractivity contribution in [2.45, 2.75) is 43.9 Å². The Bertz CT molecular complexity index is 1050. The van der Waals surface area contributed by atoms with E-state index in [4.69, 9.17) is 0 Å². The standard InChI is InChI=1S/C30H34N2O/c1-32-19-17-24(18-20-32)23-9-11-26(12-10-23)30(33)31-28-15-13-25(14-16-28)29-21-27(29)8-7-22-5-3-2-4-6-22/h2-6,9-16,24,27,29H,7-8,17-21H2,1H3,(H,31,33)/t27-,29-/m0/s1. The molecule has 1 saturated carbocycles. The molecule has 0 radical (unpaired) electrons. The lowest BCUT2D eigenvalue weighted by Crippen LogP contribution is -2.29. The Morgan fingerprint density at radius 3 is 2.24 bits per heavy atom. The summed E-state index contributed by atoms with van der Waals surface area (Å²) >= 11 is 0. The molecule has 1 heterocycles. The molecule has 0 spiro atoms. The molecular formula is C30H34N2O. The summed E-state index contributed by atoms with van der Waals surface area (Å²) in [6, 6.07) is 27.4. The lowest BCUT2D eigenvalue weighted by molar-refractivity contribution is 0.102. The molecule has 0 unspecified atom stereocenters. The first-order chi connectivity index (χ1) is 16.2. The van der Waals surface area contributed by atoms with E-state index in [1.54, 1.807) is 0 Å². The van der Waals surface area contributed by atoms with Gasteiger partial charge in [-0.3, -0.25) is 4.79 Å². The summed E-state index contributed by atoms with van der Waals surface area (Å²) in [7, 11) is 2.19. The van der Waals surface area contributed by atoms with E-state index < -0.39 is 0 Å². The molecule has 1 aliphatic carbocycles. The fraction of sp³-hybridized carbons (Fsp3) is 0.367. The Morgan fingerprint density at radius 2 is 1.55 bits per heavy atom. The highest BCUT2D eigenvalue weighted by atomic mass is 16.1. The Morgan fingerprint density at radius 1 is 0.879 bits per heavy atom. The van der Waals surface area contributed by atoms with Crippen molar-refractivity contribution in [3.63, 3.8) is 0 Å². The Hall–Kier alpha value is -2.91. The van der Waals surface area contributed by atoms with Crippen LogP contribution in [0.5, 0.6) is 0 Å². The van der Waals surface area contributed by atoms with Crippen LogP contribution < -0.4 is 5.32 Å². The molecule has 1 amide bonds. The third-order valence-corrected chi connectivity index (χ3v) is 7.53. The van der Waals surface area contributed by atoms with E-state index in [0.717, 1.165) is 36.7 Å². The molecule has 0 bridgehead atoms. The number of rotatable bonds is 7. The molecule has 2 aliphatic rings. The van der Waals surface area contributed by atoms with Gasteiger partial charge in [0.15, 0.2) is 0 Å². The number of anilines is 1. The Balaban J connectivity index is 1.12. The van der Waals surface area contributed by atoms with Gasteiger partial charge in [0, 0.05) is 11.3 Å². The number of nitrogens with zero attached hydrogens (tertiary/aromatic N) is 1. The van der Waals surface area contributed by atoms with Crippen molar-refractivity contribution in [1.29, 1.82) is 0 Å². The van der Waals surface area contributed by atoms with Gasteiger partial charge >= 0.3 is 0 Å². The van der Waals surface area contributed by atoms with Crippen LogP contribution >= 0.6 is 0 Å². The SMILES string of the molecule is CN1CCC(c2ccc(C(=O)Nc3ccc([C@@H]4C[C@@H]4CCc4ccccc4)cc3)cc2)CC1. The number of likely N-dealkylation sites (tertiary alicyclic amines) is 1. The lowest BCUT2D eigenvalue weighted by atomic mass is 9.89. The smallest absolute Gasteiger partial charge is 0.255 e. The second-order valence-electron chi connectivity index (χ2n) is 9.90.